The summed E-state index contributed by atoms with van der Waals surface area (Å²) < 4.78 is 3.98. The molecule has 1 amide bonds. The quantitative estimate of drug-likeness (QED) is 0.818. The van der Waals surface area contributed by atoms with Gasteiger partial charge in [0.15, 0.2) is 5.82 Å². The van der Waals surface area contributed by atoms with Crippen molar-refractivity contribution in [2.45, 2.75) is 32.7 Å². The van der Waals surface area contributed by atoms with Crippen LogP contribution in [0, 0.1) is 0 Å². The van der Waals surface area contributed by atoms with Crippen molar-refractivity contribution in [3.63, 3.8) is 0 Å². The Morgan fingerprint density at radius 2 is 2.25 bits per heavy atom. The molecule has 0 aliphatic rings. The number of primary amides is 1. The monoisotopic (exact) mass is 242 g/mol. The molecule has 0 spiro atoms. The van der Waals surface area contributed by atoms with Crippen LogP contribution in [0.4, 0.5) is 10.8 Å². The molecule has 1 unspecified atom stereocenters. The number of aromatic nitrogens is 1. The molecular formula is C10H18N4OS. The fourth-order valence-electron chi connectivity index (χ4n) is 1.58. The Bertz CT molecular complexity index is 377. The first kappa shape index (κ1) is 12.8. The highest BCUT2D eigenvalue weighted by molar-refractivity contribution is 7.11. The Balaban J connectivity index is 2.99. The summed E-state index contributed by atoms with van der Waals surface area (Å²) in [6.45, 7) is 4.23. The Hall–Kier alpha value is -1.30. The van der Waals surface area contributed by atoms with Gasteiger partial charge in [0.2, 0.25) is 0 Å². The molecule has 0 bridgehead atoms. The van der Waals surface area contributed by atoms with E-state index in [0.29, 0.717) is 11.6 Å². The number of carbonyl (C=O) groups excluding carboxylic acids is 1. The molecule has 0 aromatic carbocycles. The molecule has 4 N–H and O–H groups in total. The highest BCUT2D eigenvalue weighted by Gasteiger charge is 2.22. The van der Waals surface area contributed by atoms with Crippen LogP contribution >= 0.6 is 11.5 Å². The summed E-state index contributed by atoms with van der Waals surface area (Å²) >= 11 is 1.22. The van der Waals surface area contributed by atoms with Crippen LogP contribution in [-0.2, 0) is 0 Å². The van der Waals surface area contributed by atoms with E-state index in [4.69, 9.17) is 11.5 Å². The van der Waals surface area contributed by atoms with E-state index in [1.165, 1.54) is 11.5 Å². The Kier molecular flexibility index (Phi) is 4.12. The summed E-state index contributed by atoms with van der Waals surface area (Å²) in [6.07, 6.45) is 2.14. The van der Waals surface area contributed by atoms with E-state index in [-0.39, 0.29) is 5.82 Å². The van der Waals surface area contributed by atoms with Gasteiger partial charge in [-0.1, -0.05) is 13.3 Å². The third kappa shape index (κ3) is 2.44. The normalized spacial score (nSPS) is 12.4. The highest BCUT2D eigenvalue weighted by atomic mass is 32.1. The van der Waals surface area contributed by atoms with Crippen LogP contribution in [-0.4, -0.2) is 23.4 Å². The van der Waals surface area contributed by atoms with Gasteiger partial charge in [0, 0.05) is 13.1 Å². The van der Waals surface area contributed by atoms with Crippen molar-refractivity contribution < 1.29 is 4.79 Å². The first-order valence-electron chi connectivity index (χ1n) is 5.26. The zero-order valence-corrected chi connectivity index (χ0v) is 10.7. The van der Waals surface area contributed by atoms with Gasteiger partial charge in [0.1, 0.15) is 10.6 Å². The van der Waals surface area contributed by atoms with E-state index < -0.39 is 5.91 Å². The fraction of sp³-hybridized carbons (Fsp3) is 0.600. The lowest BCUT2D eigenvalue weighted by Crippen LogP contribution is -2.30. The molecule has 1 aromatic rings. The molecule has 1 rings (SSSR count). The molecule has 0 aliphatic carbocycles. The summed E-state index contributed by atoms with van der Waals surface area (Å²) in [5, 5.41) is 0.756. The Labute approximate surface area is 99.6 Å². The van der Waals surface area contributed by atoms with Crippen molar-refractivity contribution in [2.24, 2.45) is 5.73 Å². The van der Waals surface area contributed by atoms with Gasteiger partial charge < -0.3 is 16.4 Å². The topological polar surface area (TPSA) is 85.2 Å². The number of hydrogen-bond acceptors (Lipinski definition) is 5. The summed E-state index contributed by atoms with van der Waals surface area (Å²) in [5.74, 6) is -0.292. The predicted molar refractivity (Wildman–Crippen MR) is 67.8 cm³/mol. The van der Waals surface area contributed by atoms with Crippen LogP contribution < -0.4 is 16.4 Å². The molecule has 16 heavy (non-hydrogen) atoms. The van der Waals surface area contributed by atoms with Crippen molar-refractivity contribution >= 4 is 28.3 Å². The van der Waals surface area contributed by atoms with Gasteiger partial charge in [-0.25, -0.2) is 0 Å². The van der Waals surface area contributed by atoms with E-state index in [9.17, 15) is 4.79 Å². The summed E-state index contributed by atoms with van der Waals surface area (Å²) in [6, 6.07) is 0.336. The molecule has 0 fully saturated rings. The molecular weight excluding hydrogens is 224 g/mol. The number of anilines is 2. The standard InChI is InChI=1S/C10H18N4OS/c1-4-5-6(2)14(3)10-7(9(12)15)8(11)13-16-10/h6H,4-5H2,1-3H3,(H2,11,13)(H2,12,15). The van der Waals surface area contributed by atoms with Crippen LogP contribution in [0.1, 0.15) is 37.0 Å². The number of nitrogens with zero attached hydrogens (tertiary/aromatic N) is 2. The molecule has 1 heterocycles. The van der Waals surface area contributed by atoms with Crippen LogP contribution in [0.25, 0.3) is 0 Å². The highest BCUT2D eigenvalue weighted by Crippen LogP contribution is 2.31. The van der Waals surface area contributed by atoms with Crippen LogP contribution in [0.5, 0.6) is 0 Å². The molecule has 0 aliphatic heterocycles. The van der Waals surface area contributed by atoms with Crippen molar-refractivity contribution in [3.8, 4) is 0 Å². The average Bonchev–Trinajstić information content (AvgIpc) is 2.59. The molecule has 6 heteroatoms. The van der Waals surface area contributed by atoms with Crippen molar-refractivity contribution in [2.75, 3.05) is 17.7 Å². The van der Waals surface area contributed by atoms with Gasteiger partial charge in [-0.05, 0) is 24.9 Å². The summed E-state index contributed by atoms with van der Waals surface area (Å²) in [7, 11) is 1.93. The lowest BCUT2D eigenvalue weighted by atomic mass is 10.1. The van der Waals surface area contributed by atoms with E-state index >= 15 is 0 Å². The second kappa shape index (κ2) is 5.16. The van der Waals surface area contributed by atoms with E-state index in [2.05, 4.69) is 18.2 Å². The number of amides is 1. The molecule has 0 saturated carbocycles. The van der Waals surface area contributed by atoms with E-state index in [0.717, 1.165) is 17.8 Å². The molecule has 90 valence electrons. The zero-order chi connectivity index (χ0) is 12.3. The number of hydrogen-bond donors (Lipinski definition) is 2. The first-order chi connectivity index (χ1) is 7.49. The average molecular weight is 242 g/mol. The predicted octanol–water partition coefficient (Wildman–Crippen LogP) is 1.45. The van der Waals surface area contributed by atoms with E-state index in [1.54, 1.807) is 0 Å². The van der Waals surface area contributed by atoms with Crippen molar-refractivity contribution in [1.29, 1.82) is 0 Å². The summed E-state index contributed by atoms with van der Waals surface area (Å²) in [4.78, 5) is 13.3. The maximum Gasteiger partial charge on any atom is 0.255 e. The second-order valence-electron chi connectivity index (χ2n) is 3.86. The zero-order valence-electron chi connectivity index (χ0n) is 9.86. The minimum absolute atomic E-state index is 0.225. The second-order valence-corrected chi connectivity index (χ2v) is 4.61. The molecule has 5 nitrogen and oxygen atoms in total. The van der Waals surface area contributed by atoms with Gasteiger partial charge in [-0.3, -0.25) is 4.79 Å². The van der Waals surface area contributed by atoms with Crippen LogP contribution in [0.15, 0.2) is 0 Å². The van der Waals surface area contributed by atoms with Gasteiger partial charge in [0.25, 0.3) is 5.91 Å². The third-order valence-electron chi connectivity index (χ3n) is 2.63. The largest absolute Gasteiger partial charge is 0.382 e. The lowest BCUT2D eigenvalue weighted by molar-refractivity contribution is 0.100. The first-order valence-corrected chi connectivity index (χ1v) is 6.04. The number of carbonyl (C=O) groups is 1. The summed E-state index contributed by atoms with van der Waals surface area (Å²) in [5.41, 5.74) is 11.3. The SMILES string of the molecule is CCCC(C)N(C)c1snc(N)c1C(N)=O. The van der Waals surface area contributed by atoms with Crippen molar-refractivity contribution in [1.82, 2.24) is 4.37 Å². The maximum absolute atomic E-state index is 11.3. The smallest absolute Gasteiger partial charge is 0.255 e. The number of nitrogen functional groups attached to an aromatic ring is 1. The minimum atomic E-state index is -0.517. The minimum Gasteiger partial charge on any atom is -0.382 e. The molecule has 0 radical (unpaired) electrons. The number of nitrogens with two attached hydrogens (primary N) is 2. The maximum atomic E-state index is 11.3. The van der Waals surface area contributed by atoms with Crippen LogP contribution in [0.3, 0.4) is 0 Å². The van der Waals surface area contributed by atoms with Gasteiger partial charge in [0.05, 0.1) is 0 Å². The van der Waals surface area contributed by atoms with Gasteiger partial charge in [-0.15, -0.1) is 0 Å². The fourth-order valence-corrected chi connectivity index (χ4v) is 2.46. The van der Waals surface area contributed by atoms with Gasteiger partial charge >= 0.3 is 0 Å². The molecule has 1 atom stereocenters. The Morgan fingerprint density at radius 3 is 2.75 bits per heavy atom. The van der Waals surface area contributed by atoms with E-state index in [1.807, 2.05) is 11.9 Å². The lowest BCUT2D eigenvalue weighted by Gasteiger charge is -2.25. The third-order valence-corrected chi connectivity index (χ3v) is 3.59. The number of rotatable bonds is 5. The van der Waals surface area contributed by atoms with Gasteiger partial charge in [-0.2, -0.15) is 4.37 Å². The molecule has 1 aromatic heterocycles. The molecule has 0 saturated heterocycles. The van der Waals surface area contributed by atoms with Crippen LogP contribution in [0.2, 0.25) is 0 Å². The van der Waals surface area contributed by atoms with Crippen molar-refractivity contribution in [3.05, 3.63) is 5.56 Å². The Morgan fingerprint density at radius 1 is 1.62 bits per heavy atom.